The topological polar surface area (TPSA) is 38.8 Å². The summed E-state index contributed by atoms with van der Waals surface area (Å²) >= 11 is 0. The first-order chi connectivity index (χ1) is 6.26. The van der Waals surface area contributed by atoms with Crippen molar-refractivity contribution in [1.29, 1.82) is 0 Å². The molecule has 4 nitrogen and oxygen atoms in total. The monoisotopic (exact) mass is 187 g/mol. The molecule has 0 aromatic rings. The molecule has 1 saturated heterocycles. The summed E-state index contributed by atoms with van der Waals surface area (Å²) in [5, 5.41) is 0. The molecule has 1 fully saturated rings. The minimum absolute atomic E-state index is 0.0933. The Hall–Kier alpha value is -0.610. The van der Waals surface area contributed by atoms with Crippen molar-refractivity contribution in [3.63, 3.8) is 0 Å². The van der Waals surface area contributed by atoms with Crippen LogP contribution in [0.5, 0.6) is 0 Å². The van der Waals surface area contributed by atoms with Crippen molar-refractivity contribution in [2.24, 2.45) is 0 Å². The lowest BCUT2D eigenvalue weighted by Gasteiger charge is -2.37. The SMILES string of the molecule is CCOC(=O)COC1CN(CC)C1. The molecular formula is C9H17NO3. The number of ether oxygens (including phenoxy) is 2. The van der Waals surface area contributed by atoms with Crippen LogP contribution in [-0.4, -0.2) is 49.8 Å². The third kappa shape index (κ3) is 3.32. The van der Waals surface area contributed by atoms with E-state index >= 15 is 0 Å². The van der Waals surface area contributed by atoms with Gasteiger partial charge in [-0.3, -0.25) is 4.90 Å². The quantitative estimate of drug-likeness (QED) is 0.579. The van der Waals surface area contributed by atoms with Gasteiger partial charge in [0.25, 0.3) is 0 Å². The largest absolute Gasteiger partial charge is 0.464 e. The van der Waals surface area contributed by atoms with Crippen LogP contribution in [0, 0.1) is 0 Å². The number of carbonyl (C=O) groups excluding carboxylic acids is 1. The molecule has 1 heterocycles. The van der Waals surface area contributed by atoms with Gasteiger partial charge in [0.2, 0.25) is 0 Å². The van der Waals surface area contributed by atoms with Gasteiger partial charge in [-0.25, -0.2) is 4.79 Å². The first kappa shape index (κ1) is 10.5. The highest BCUT2D eigenvalue weighted by atomic mass is 16.6. The first-order valence-corrected chi connectivity index (χ1v) is 4.75. The summed E-state index contributed by atoms with van der Waals surface area (Å²) in [6, 6.07) is 0. The Balaban J connectivity index is 1.98. The van der Waals surface area contributed by atoms with Gasteiger partial charge < -0.3 is 9.47 Å². The number of hydrogen-bond donors (Lipinski definition) is 0. The van der Waals surface area contributed by atoms with E-state index in [1.807, 2.05) is 0 Å². The van der Waals surface area contributed by atoms with Crippen molar-refractivity contribution in [2.75, 3.05) is 32.8 Å². The van der Waals surface area contributed by atoms with E-state index in [1.54, 1.807) is 6.92 Å². The van der Waals surface area contributed by atoms with E-state index in [0.717, 1.165) is 19.6 Å². The summed E-state index contributed by atoms with van der Waals surface area (Å²) in [5.74, 6) is -0.266. The molecule has 4 heteroatoms. The zero-order valence-corrected chi connectivity index (χ0v) is 8.28. The van der Waals surface area contributed by atoms with E-state index < -0.39 is 0 Å². The lowest BCUT2D eigenvalue weighted by Crippen LogP contribution is -2.52. The molecular weight excluding hydrogens is 170 g/mol. The summed E-state index contributed by atoms with van der Waals surface area (Å²) in [7, 11) is 0. The summed E-state index contributed by atoms with van der Waals surface area (Å²) in [6.45, 7) is 7.36. The molecule has 0 aromatic carbocycles. The van der Waals surface area contributed by atoms with E-state index in [2.05, 4.69) is 11.8 Å². The van der Waals surface area contributed by atoms with E-state index in [0.29, 0.717) is 6.61 Å². The maximum Gasteiger partial charge on any atom is 0.332 e. The molecule has 0 aliphatic carbocycles. The minimum Gasteiger partial charge on any atom is -0.464 e. The molecule has 0 amide bonds. The lowest BCUT2D eigenvalue weighted by atomic mass is 10.2. The highest BCUT2D eigenvalue weighted by molar-refractivity contribution is 5.70. The fraction of sp³-hybridized carbons (Fsp3) is 0.889. The molecule has 0 bridgehead atoms. The van der Waals surface area contributed by atoms with Crippen LogP contribution in [0.2, 0.25) is 0 Å². The molecule has 0 spiro atoms. The highest BCUT2D eigenvalue weighted by Crippen LogP contribution is 2.10. The standard InChI is InChI=1S/C9H17NO3/c1-3-10-5-8(6-10)13-7-9(11)12-4-2/h8H,3-7H2,1-2H3. The molecule has 1 aliphatic rings. The average molecular weight is 187 g/mol. The molecule has 76 valence electrons. The Morgan fingerprint density at radius 1 is 1.46 bits per heavy atom. The molecule has 13 heavy (non-hydrogen) atoms. The van der Waals surface area contributed by atoms with Crippen LogP contribution in [0.3, 0.4) is 0 Å². The maximum absolute atomic E-state index is 10.9. The van der Waals surface area contributed by atoms with Crippen LogP contribution in [0.15, 0.2) is 0 Å². The molecule has 0 atom stereocenters. The number of hydrogen-bond acceptors (Lipinski definition) is 4. The number of esters is 1. The fourth-order valence-corrected chi connectivity index (χ4v) is 1.27. The van der Waals surface area contributed by atoms with E-state index in [-0.39, 0.29) is 18.7 Å². The van der Waals surface area contributed by atoms with Crippen LogP contribution in [0.1, 0.15) is 13.8 Å². The van der Waals surface area contributed by atoms with Crippen LogP contribution in [0.4, 0.5) is 0 Å². The van der Waals surface area contributed by atoms with Gasteiger partial charge in [0, 0.05) is 13.1 Å². The molecule has 1 rings (SSSR count). The first-order valence-electron chi connectivity index (χ1n) is 4.75. The van der Waals surface area contributed by atoms with Gasteiger partial charge in [-0.05, 0) is 13.5 Å². The number of carbonyl (C=O) groups is 1. The number of likely N-dealkylation sites (tertiary alicyclic amines) is 1. The van der Waals surface area contributed by atoms with Gasteiger partial charge in [0.1, 0.15) is 6.61 Å². The smallest absolute Gasteiger partial charge is 0.332 e. The third-order valence-electron chi connectivity index (χ3n) is 2.11. The molecule has 0 saturated carbocycles. The van der Waals surface area contributed by atoms with Crippen LogP contribution in [0.25, 0.3) is 0 Å². The number of nitrogens with zero attached hydrogens (tertiary/aromatic N) is 1. The Morgan fingerprint density at radius 2 is 2.15 bits per heavy atom. The predicted octanol–water partition coefficient (Wildman–Crippen LogP) is 0.270. The Kier molecular flexibility index (Phi) is 4.18. The van der Waals surface area contributed by atoms with E-state index in [1.165, 1.54) is 0 Å². The minimum atomic E-state index is -0.266. The second-order valence-corrected chi connectivity index (χ2v) is 3.09. The van der Waals surface area contributed by atoms with Crippen LogP contribution >= 0.6 is 0 Å². The second-order valence-electron chi connectivity index (χ2n) is 3.09. The Bertz CT molecular complexity index is 166. The Labute approximate surface area is 78.8 Å². The van der Waals surface area contributed by atoms with Gasteiger partial charge in [-0.1, -0.05) is 6.92 Å². The van der Waals surface area contributed by atoms with Crippen LogP contribution in [-0.2, 0) is 14.3 Å². The summed E-state index contributed by atoms with van der Waals surface area (Å²) < 4.78 is 10.0. The molecule has 0 N–H and O–H groups in total. The van der Waals surface area contributed by atoms with Crippen molar-refractivity contribution in [2.45, 2.75) is 20.0 Å². The van der Waals surface area contributed by atoms with Crippen LogP contribution < -0.4 is 0 Å². The summed E-state index contributed by atoms with van der Waals surface area (Å²) in [4.78, 5) is 13.1. The zero-order chi connectivity index (χ0) is 9.68. The number of rotatable bonds is 5. The van der Waals surface area contributed by atoms with Gasteiger partial charge in [-0.15, -0.1) is 0 Å². The second kappa shape index (κ2) is 5.19. The normalized spacial score (nSPS) is 18.3. The molecule has 0 radical (unpaired) electrons. The molecule has 0 unspecified atom stereocenters. The fourth-order valence-electron chi connectivity index (χ4n) is 1.27. The predicted molar refractivity (Wildman–Crippen MR) is 48.5 cm³/mol. The van der Waals surface area contributed by atoms with Crippen molar-refractivity contribution < 1.29 is 14.3 Å². The number of likely N-dealkylation sites (N-methyl/N-ethyl adjacent to an activating group) is 1. The average Bonchev–Trinajstić information content (AvgIpc) is 2.02. The van der Waals surface area contributed by atoms with Crippen molar-refractivity contribution >= 4 is 5.97 Å². The molecule has 0 aromatic heterocycles. The maximum atomic E-state index is 10.9. The van der Waals surface area contributed by atoms with Gasteiger partial charge in [0.15, 0.2) is 0 Å². The van der Waals surface area contributed by atoms with E-state index in [9.17, 15) is 4.79 Å². The highest BCUT2D eigenvalue weighted by Gasteiger charge is 2.26. The Morgan fingerprint density at radius 3 is 2.69 bits per heavy atom. The summed E-state index contributed by atoms with van der Waals surface area (Å²) in [5.41, 5.74) is 0. The van der Waals surface area contributed by atoms with Crippen molar-refractivity contribution in [1.82, 2.24) is 4.90 Å². The van der Waals surface area contributed by atoms with Crippen molar-refractivity contribution in [3.05, 3.63) is 0 Å². The van der Waals surface area contributed by atoms with Gasteiger partial charge in [-0.2, -0.15) is 0 Å². The molecule has 1 aliphatic heterocycles. The third-order valence-corrected chi connectivity index (χ3v) is 2.11. The zero-order valence-electron chi connectivity index (χ0n) is 8.28. The van der Waals surface area contributed by atoms with E-state index in [4.69, 9.17) is 9.47 Å². The summed E-state index contributed by atoms with van der Waals surface area (Å²) in [6.07, 6.45) is 0.226. The van der Waals surface area contributed by atoms with Gasteiger partial charge >= 0.3 is 5.97 Å². The lowest BCUT2D eigenvalue weighted by molar-refractivity contribution is -0.154. The van der Waals surface area contributed by atoms with Gasteiger partial charge in [0.05, 0.1) is 12.7 Å². The van der Waals surface area contributed by atoms with Crippen molar-refractivity contribution in [3.8, 4) is 0 Å².